The number of carbonyl (C=O) groups is 1. The molecular formula is C17H17ClN2O3. The number of halogens is 1. The van der Waals surface area contributed by atoms with Crippen LogP contribution in [0.4, 0.5) is 5.69 Å². The van der Waals surface area contributed by atoms with Crippen molar-refractivity contribution < 1.29 is 14.4 Å². The Kier molecular flexibility index (Phi) is 6.00. The van der Waals surface area contributed by atoms with Gasteiger partial charge >= 0.3 is 0 Å². The summed E-state index contributed by atoms with van der Waals surface area (Å²) in [4.78, 5) is 17.2. The number of nitrogens with zero attached hydrogens (tertiary/aromatic N) is 1. The lowest BCUT2D eigenvalue weighted by Gasteiger charge is -2.10. The highest BCUT2D eigenvalue weighted by atomic mass is 35.5. The molecule has 5 nitrogen and oxygen atoms in total. The Morgan fingerprint density at radius 2 is 1.91 bits per heavy atom. The molecule has 0 aliphatic rings. The number of hydrogen-bond acceptors (Lipinski definition) is 4. The van der Waals surface area contributed by atoms with Gasteiger partial charge in [0.2, 0.25) is 6.10 Å². The van der Waals surface area contributed by atoms with Gasteiger partial charge in [-0.1, -0.05) is 28.9 Å². The molecule has 2 aromatic rings. The molecule has 1 amide bonds. The SMILES string of the molecule is COc1ccccc1/C=N\O[C@H](C)C(=O)Nc1ccc(Cl)cc1. The average molecular weight is 333 g/mol. The molecule has 2 rings (SSSR count). The Balaban J connectivity index is 1.90. The number of nitrogens with one attached hydrogen (secondary N) is 1. The van der Waals surface area contributed by atoms with Crippen molar-refractivity contribution in [3.63, 3.8) is 0 Å². The van der Waals surface area contributed by atoms with Crippen LogP contribution in [0.3, 0.4) is 0 Å². The Hall–Kier alpha value is -2.53. The summed E-state index contributed by atoms with van der Waals surface area (Å²) in [6.45, 7) is 1.62. The Morgan fingerprint density at radius 3 is 2.61 bits per heavy atom. The first kappa shape index (κ1) is 16.8. The van der Waals surface area contributed by atoms with E-state index in [2.05, 4.69) is 10.5 Å². The quantitative estimate of drug-likeness (QED) is 0.647. The maximum Gasteiger partial charge on any atom is 0.267 e. The molecule has 120 valence electrons. The number of anilines is 1. The van der Waals surface area contributed by atoms with Gasteiger partial charge < -0.3 is 14.9 Å². The van der Waals surface area contributed by atoms with Gasteiger partial charge in [-0.15, -0.1) is 0 Å². The first-order chi connectivity index (χ1) is 11.1. The summed E-state index contributed by atoms with van der Waals surface area (Å²) in [6, 6.07) is 14.2. The molecule has 0 spiro atoms. The molecule has 0 unspecified atom stereocenters. The summed E-state index contributed by atoms with van der Waals surface area (Å²) in [7, 11) is 1.58. The molecular weight excluding hydrogens is 316 g/mol. The molecule has 0 aliphatic heterocycles. The number of methoxy groups -OCH3 is 1. The molecule has 0 heterocycles. The maximum absolute atomic E-state index is 12.0. The summed E-state index contributed by atoms with van der Waals surface area (Å²) >= 11 is 5.80. The van der Waals surface area contributed by atoms with Gasteiger partial charge in [-0.25, -0.2) is 0 Å². The van der Waals surface area contributed by atoms with Crippen molar-refractivity contribution in [2.75, 3.05) is 12.4 Å². The number of rotatable bonds is 6. The molecule has 1 N–H and O–H groups in total. The van der Waals surface area contributed by atoms with Gasteiger partial charge in [0.05, 0.1) is 13.3 Å². The lowest BCUT2D eigenvalue weighted by atomic mass is 10.2. The van der Waals surface area contributed by atoms with E-state index in [0.29, 0.717) is 16.5 Å². The summed E-state index contributed by atoms with van der Waals surface area (Å²) in [5, 5.41) is 7.16. The lowest BCUT2D eigenvalue weighted by Crippen LogP contribution is -2.26. The summed E-state index contributed by atoms with van der Waals surface area (Å²) in [5.74, 6) is 0.377. The first-order valence-corrected chi connectivity index (χ1v) is 7.36. The highest BCUT2D eigenvalue weighted by molar-refractivity contribution is 6.30. The minimum atomic E-state index is -0.739. The van der Waals surface area contributed by atoms with E-state index < -0.39 is 6.10 Å². The molecule has 0 radical (unpaired) electrons. The maximum atomic E-state index is 12.0. The molecule has 0 bridgehead atoms. The second-order valence-corrected chi connectivity index (χ2v) is 5.16. The number of benzene rings is 2. The lowest BCUT2D eigenvalue weighted by molar-refractivity contribution is -0.126. The molecule has 0 saturated carbocycles. The summed E-state index contributed by atoms with van der Waals surface area (Å²) in [6.07, 6.45) is 0.766. The number of oxime groups is 1. The zero-order chi connectivity index (χ0) is 16.7. The summed E-state index contributed by atoms with van der Waals surface area (Å²) in [5.41, 5.74) is 1.41. The molecule has 0 fully saturated rings. The van der Waals surface area contributed by atoms with Crippen LogP contribution in [0.1, 0.15) is 12.5 Å². The normalized spacial score (nSPS) is 12.0. The van der Waals surface area contributed by atoms with Crippen LogP contribution in [0.5, 0.6) is 5.75 Å². The molecule has 0 aliphatic carbocycles. The van der Waals surface area contributed by atoms with Crippen LogP contribution >= 0.6 is 11.6 Å². The highest BCUT2D eigenvalue weighted by Gasteiger charge is 2.14. The van der Waals surface area contributed by atoms with Gasteiger partial charge in [0.25, 0.3) is 5.91 Å². The highest BCUT2D eigenvalue weighted by Crippen LogP contribution is 2.15. The van der Waals surface area contributed by atoms with E-state index in [4.69, 9.17) is 21.2 Å². The van der Waals surface area contributed by atoms with E-state index in [1.165, 1.54) is 6.21 Å². The Labute approximate surface area is 139 Å². The first-order valence-electron chi connectivity index (χ1n) is 6.99. The monoisotopic (exact) mass is 332 g/mol. The van der Waals surface area contributed by atoms with E-state index in [0.717, 1.165) is 5.56 Å². The number of hydrogen-bond donors (Lipinski definition) is 1. The second kappa shape index (κ2) is 8.19. The third kappa shape index (κ3) is 5.00. The van der Waals surface area contributed by atoms with Gasteiger partial charge in [-0.2, -0.15) is 0 Å². The van der Waals surface area contributed by atoms with Crippen LogP contribution in [-0.2, 0) is 9.63 Å². The predicted molar refractivity (Wildman–Crippen MR) is 91.2 cm³/mol. The van der Waals surface area contributed by atoms with Crippen molar-refractivity contribution in [3.8, 4) is 5.75 Å². The Bertz CT molecular complexity index is 686. The van der Waals surface area contributed by atoms with E-state index in [1.54, 1.807) is 38.3 Å². The number of ether oxygens (including phenoxy) is 1. The van der Waals surface area contributed by atoms with Gasteiger partial charge in [-0.3, -0.25) is 4.79 Å². The van der Waals surface area contributed by atoms with Crippen molar-refractivity contribution in [2.24, 2.45) is 5.16 Å². The fraction of sp³-hybridized carbons (Fsp3) is 0.176. The number of para-hydroxylation sites is 1. The standard InChI is InChI=1S/C17H17ClN2O3/c1-12(17(21)20-15-9-7-14(18)8-10-15)23-19-11-13-5-3-4-6-16(13)22-2/h3-12H,1-2H3,(H,20,21)/b19-11-/t12-/m1/s1. The fourth-order valence-corrected chi connectivity index (χ4v) is 1.90. The van der Waals surface area contributed by atoms with Crippen molar-refractivity contribution >= 4 is 29.4 Å². The van der Waals surface area contributed by atoms with E-state index in [1.807, 2.05) is 24.3 Å². The third-order valence-corrected chi connectivity index (χ3v) is 3.28. The molecule has 0 saturated heterocycles. The molecule has 23 heavy (non-hydrogen) atoms. The molecule has 0 aromatic heterocycles. The van der Waals surface area contributed by atoms with Crippen LogP contribution in [0.25, 0.3) is 0 Å². The van der Waals surface area contributed by atoms with E-state index >= 15 is 0 Å². The van der Waals surface area contributed by atoms with Crippen molar-refractivity contribution in [1.29, 1.82) is 0 Å². The smallest absolute Gasteiger partial charge is 0.267 e. The summed E-state index contributed by atoms with van der Waals surface area (Å²) < 4.78 is 5.20. The average Bonchev–Trinajstić information content (AvgIpc) is 2.57. The largest absolute Gasteiger partial charge is 0.496 e. The molecule has 1 atom stereocenters. The van der Waals surface area contributed by atoms with Crippen LogP contribution in [-0.4, -0.2) is 25.3 Å². The molecule has 6 heteroatoms. The third-order valence-electron chi connectivity index (χ3n) is 3.03. The van der Waals surface area contributed by atoms with Crippen LogP contribution in [0.2, 0.25) is 5.02 Å². The van der Waals surface area contributed by atoms with Crippen LogP contribution in [0, 0.1) is 0 Å². The van der Waals surface area contributed by atoms with Crippen molar-refractivity contribution in [3.05, 3.63) is 59.1 Å². The topological polar surface area (TPSA) is 59.9 Å². The van der Waals surface area contributed by atoms with Gasteiger partial charge in [0, 0.05) is 16.3 Å². The van der Waals surface area contributed by atoms with Gasteiger partial charge in [0.1, 0.15) is 5.75 Å². The number of carbonyl (C=O) groups excluding carboxylic acids is 1. The number of amides is 1. The Morgan fingerprint density at radius 1 is 1.22 bits per heavy atom. The predicted octanol–water partition coefficient (Wildman–Crippen LogP) is 3.73. The fourth-order valence-electron chi connectivity index (χ4n) is 1.78. The van der Waals surface area contributed by atoms with Crippen LogP contribution in [0.15, 0.2) is 53.7 Å². The minimum Gasteiger partial charge on any atom is -0.496 e. The zero-order valence-electron chi connectivity index (χ0n) is 12.8. The van der Waals surface area contributed by atoms with Gasteiger partial charge in [-0.05, 0) is 43.3 Å². The van der Waals surface area contributed by atoms with Crippen molar-refractivity contribution in [1.82, 2.24) is 0 Å². The van der Waals surface area contributed by atoms with Crippen molar-refractivity contribution in [2.45, 2.75) is 13.0 Å². The molecule has 2 aromatic carbocycles. The van der Waals surface area contributed by atoms with E-state index in [9.17, 15) is 4.79 Å². The second-order valence-electron chi connectivity index (χ2n) is 4.72. The van der Waals surface area contributed by atoms with Crippen LogP contribution < -0.4 is 10.1 Å². The zero-order valence-corrected chi connectivity index (χ0v) is 13.6. The van der Waals surface area contributed by atoms with Gasteiger partial charge in [0.15, 0.2) is 0 Å². The van der Waals surface area contributed by atoms with E-state index in [-0.39, 0.29) is 5.91 Å². The minimum absolute atomic E-state index is 0.301.